The Morgan fingerprint density at radius 1 is 0.968 bits per heavy atom. The Kier molecular flexibility index (Phi) is 6.79. The fourth-order valence-electron chi connectivity index (χ4n) is 2.72. The fraction of sp³-hybridized carbons (Fsp3) is 0.0500. The van der Waals surface area contributed by atoms with E-state index in [0.717, 1.165) is 0 Å². The number of carbonyl (C=O) groups is 1. The number of anilines is 2. The van der Waals surface area contributed by atoms with E-state index < -0.39 is 20.9 Å². The Hall–Kier alpha value is -3.14. The summed E-state index contributed by atoms with van der Waals surface area (Å²) in [6, 6.07) is 15.9. The van der Waals surface area contributed by atoms with Crippen LogP contribution in [0.1, 0.15) is 5.56 Å². The average Bonchev–Trinajstić information content (AvgIpc) is 2.72. The second-order valence-electron chi connectivity index (χ2n) is 6.34. The van der Waals surface area contributed by atoms with Crippen molar-refractivity contribution in [3.8, 4) is 0 Å². The van der Waals surface area contributed by atoms with Gasteiger partial charge in [0.05, 0.1) is 32.0 Å². The van der Waals surface area contributed by atoms with Gasteiger partial charge in [-0.25, -0.2) is 8.42 Å². The number of para-hydroxylation sites is 1. The van der Waals surface area contributed by atoms with Gasteiger partial charge in [0.2, 0.25) is 5.91 Å². The molecule has 1 amide bonds. The van der Waals surface area contributed by atoms with Crippen LogP contribution in [0.25, 0.3) is 0 Å². The first-order valence-electron chi connectivity index (χ1n) is 8.76. The standard InChI is InChI=1S/C20H15Cl2N3O5S/c21-16-5-3-6-17(20(16)22)24-31(29,30)15-10-8-14(9-11-15)23-19(26)12-13-4-1-2-7-18(13)25(27)28/h1-11,24H,12H2,(H,23,26). The molecule has 0 saturated heterocycles. The number of amides is 1. The summed E-state index contributed by atoms with van der Waals surface area (Å²) in [5, 5.41) is 13.9. The smallest absolute Gasteiger partial charge is 0.273 e. The normalized spacial score (nSPS) is 11.0. The van der Waals surface area contributed by atoms with Crippen LogP contribution in [0, 0.1) is 10.1 Å². The average molecular weight is 480 g/mol. The minimum absolute atomic E-state index is 0.0553. The van der Waals surface area contributed by atoms with Crippen molar-refractivity contribution in [1.82, 2.24) is 0 Å². The Morgan fingerprint density at radius 3 is 2.32 bits per heavy atom. The van der Waals surface area contributed by atoms with E-state index in [2.05, 4.69) is 10.0 Å². The molecule has 0 unspecified atom stereocenters. The van der Waals surface area contributed by atoms with Crippen molar-refractivity contribution in [2.75, 3.05) is 10.0 Å². The predicted octanol–water partition coefficient (Wildman–Crippen LogP) is 4.88. The van der Waals surface area contributed by atoms with Gasteiger partial charge in [-0.3, -0.25) is 19.6 Å². The second kappa shape index (κ2) is 9.34. The Bertz CT molecular complexity index is 1250. The van der Waals surface area contributed by atoms with Crippen molar-refractivity contribution in [3.05, 3.63) is 92.5 Å². The van der Waals surface area contributed by atoms with Crippen LogP contribution < -0.4 is 10.0 Å². The summed E-state index contributed by atoms with van der Waals surface area (Å²) in [6.45, 7) is 0. The molecule has 160 valence electrons. The number of hydrogen-bond donors (Lipinski definition) is 2. The first-order chi connectivity index (χ1) is 14.7. The van der Waals surface area contributed by atoms with Crippen molar-refractivity contribution in [1.29, 1.82) is 0 Å². The number of hydrogen-bond acceptors (Lipinski definition) is 5. The van der Waals surface area contributed by atoms with E-state index in [0.29, 0.717) is 5.69 Å². The molecule has 0 saturated carbocycles. The lowest BCUT2D eigenvalue weighted by atomic mass is 10.1. The van der Waals surface area contributed by atoms with Crippen LogP contribution in [-0.2, 0) is 21.2 Å². The van der Waals surface area contributed by atoms with Crippen LogP contribution >= 0.6 is 23.2 Å². The minimum Gasteiger partial charge on any atom is -0.326 e. The highest BCUT2D eigenvalue weighted by atomic mass is 35.5. The molecule has 3 aromatic rings. The SMILES string of the molecule is O=C(Cc1ccccc1[N+](=O)[O-])Nc1ccc(S(=O)(=O)Nc2cccc(Cl)c2Cl)cc1. The van der Waals surface area contributed by atoms with E-state index in [1.807, 2.05) is 0 Å². The van der Waals surface area contributed by atoms with Crippen LogP contribution in [0.5, 0.6) is 0 Å². The maximum atomic E-state index is 12.6. The van der Waals surface area contributed by atoms with E-state index in [9.17, 15) is 23.3 Å². The molecule has 0 aliphatic carbocycles. The number of sulfonamides is 1. The number of nitrogens with one attached hydrogen (secondary N) is 2. The highest BCUT2D eigenvalue weighted by Crippen LogP contribution is 2.31. The molecule has 2 N–H and O–H groups in total. The molecule has 11 heteroatoms. The summed E-state index contributed by atoms with van der Waals surface area (Å²) in [4.78, 5) is 22.7. The molecule has 8 nitrogen and oxygen atoms in total. The molecule has 0 heterocycles. The third-order valence-electron chi connectivity index (χ3n) is 4.18. The van der Waals surface area contributed by atoms with E-state index in [1.165, 1.54) is 54.6 Å². The maximum Gasteiger partial charge on any atom is 0.273 e. The topological polar surface area (TPSA) is 118 Å². The van der Waals surface area contributed by atoms with Gasteiger partial charge in [0, 0.05) is 17.3 Å². The predicted molar refractivity (Wildman–Crippen MR) is 119 cm³/mol. The van der Waals surface area contributed by atoms with E-state index in [4.69, 9.17) is 23.2 Å². The van der Waals surface area contributed by atoms with Gasteiger partial charge in [-0.05, 0) is 36.4 Å². The first kappa shape index (κ1) is 22.5. The molecular formula is C20H15Cl2N3O5S. The number of rotatable bonds is 7. The van der Waals surface area contributed by atoms with Gasteiger partial charge in [-0.1, -0.05) is 47.5 Å². The summed E-state index contributed by atoms with van der Waals surface area (Å²) >= 11 is 11.9. The van der Waals surface area contributed by atoms with Crippen molar-refractivity contribution < 1.29 is 18.1 Å². The molecule has 3 rings (SSSR count). The van der Waals surface area contributed by atoms with Crippen LogP contribution in [-0.4, -0.2) is 19.2 Å². The minimum atomic E-state index is -3.94. The van der Waals surface area contributed by atoms with Gasteiger partial charge in [0.1, 0.15) is 0 Å². The highest BCUT2D eigenvalue weighted by Gasteiger charge is 2.18. The van der Waals surface area contributed by atoms with Crippen molar-refractivity contribution >= 4 is 56.2 Å². The van der Waals surface area contributed by atoms with Crippen LogP contribution in [0.15, 0.2) is 71.6 Å². The lowest BCUT2D eigenvalue weighted by Gasteiger charge is -2.11. The maximum absolute atomic E-state index is 12.6. The third kappa shape index (κ3) is 5.52. The van der Waals surface area contributed by atoms with E-state index in [1.54, 1.807) is 12.1 Å². The Labute approximate surface area is 188 Å². The van der Waals surface area contributed by atoms with Gasteiger partial charge in [0.25, 0.3) is 15.7 Å². The second-order valence-corrected chi connectivity index (χ2v) is 8.81. The number of nitro benzene ring substituents is 1. The summed E-state index contributed by atoms with van der Waals surface area (Å²) < 4.78 is 27.5. The van der Waals surface area contributed by atoms with Gasteiger partial charge < -0.3 is 5.32 Å². The summed E-state index contributed by atoms with van der Waals surface area (Å²) in [5.74, 6) is -0.478. The summed E-state index contributed by atoms with van der Waals surface area (Å²) in [5.41, 5.74) is 0.593. The molecule has 0 atom stereocenters. The number of halogens is 2. The van der Waals surface area contributed by atoms with Gasteiger partial charge in [-0.15, -0.1) is 0 Å². The Morgan fingerprint density at radius 2 is 1.65 bits per heavy atom. The van der Waals surface area contributed by atoms with Crippen LogP contribution in [0.2, 0.25) is 10.0 Å². The Balaban J connectivity index is 1.70. The van der Waals surface area contributed by atoms with Crippen LogP contribution in [0.3, 0.4) is 0 Å². The lowest BCUT2D eigenvalue weighted by Crippen LogP contribution is -2.16. The van der Waals surface area contributed by atoms with Crippen molar-refractivity contribution in [2.24, 2.45) is 0 Å². The molecule has 3 aromatic carbocycles. The molecule has 31 heavy (non-hydrogen) atoms. The van der Waals surface area contributed by atoms with Crippen molar-refractivity contribution in [3.63, 3.8) is 0 Å². The van der Waals surface area contributed by atoms with Crippen LogP contribution in [0.4, 0.5) is 17.1 Å². The molecule has 0 bridgehead atoms. The zero-order valence-electron chi connectivity index (χ0n) is 15.7. The number of nitrogens with zero attached hydrogens (tertiary/aromatic N) is 1. The van der Waals surface area contributed by atoms with Gasteiger partial charge in [-0.2, -0.15) is 0 Å². The van der Waals surface area contributed by atoms with Crippen molar-refractivity contribution in [2.45, 2.75) is 11.3 Å². The van der Waals surface area contributed by atoms with Gasteiger partial charge >= 0.3 is 0 Å². The largest absolute Gasteiger partial charge is 0.326 e. The van der Waals surface area contributed by atoms with Gasteiger partial charge in [0.15, 0.2) is 0 Å². The number of benzene rings is 3. The van der Waals surface area contributed by atoms with E-state index >= 15 is 0 Å². The quantitative estimate of drug-likeness (QED) is 0.369. The molecule has 0 aliphatic rings. The lowest BCUT2D eigenvalue weighted by molar-refractivity contribution is -0.385. The molecule has 0 aliphatic heterocycles. The third-order valence-corrected chi connectivity index (χ3v) is 6.38. The molecular weight excluding hydrogens is 465 g/mol. The monoisotopic (exact) mass is 479 g/mol. The first-order valence-corrected chi connectivity index (χ1v) is 11.0. The molecule has 0 aromatic heterocycles. The zero-order valence-corrected chi connectivity index (χ0v) is 18.0. The molecule has 0 fully saturated rings. The highest BCUT2D eigenvalue weighted by molar-refractivity contribution is 7.92. The van der Waals surface area contributed by atoms with E-state index in [-0.39, 0.29) is 38.3 Å². The summed E-state index contributed by atoms with van der Waals surface area (Å²) in [7, 11) is -3.94. The zero-order chi connectivity index (χ0) is 22.6. The number of nitro groups is 1. The molecule has 0 spiro atoms. The summed E-state index contributed by atoms with van der Waals surface area (Å²) in [6.07, 6.45) is -0.202. The molecule has 0 radical (unpaired) electrons. The fourth-order valence-corrected chi connectivity index (χ4v) is 4.20. The number of carbonyl (C=O) groups excluding carboxylic acids is 1.